The monoisotopic (exact) mass is 295 g/mol. The zero-order valence-electron chi connectivity index (χ0n) is 13.3. The van der Waals surface area contributed by atoms with E-state index in [1.165, 1.54) is 80.5 Å². The maximum Gasteiger partial charge on any atom is 0.0609 e. The highest BCUT2D eigenvalue weighted by Gasteiger charge is 2.41. The standard InChI is InChI=1S/C19H25N3/c1-2-7-17-13(4-1)10-11-18(20-17)16-12-22(15-5-3-6-15)21-19(16)14-8-9-14/h10-11,14-16H,1-9,12H2. The van der Waals surface area contributed by atoms with E-state index in [2.05, 4.69) is 17.1 Å². The minimum atomic E-state index is 0.473. The van der Waals surface area contributed by atoms with Crippen molar-refractivity contribution in [2.75, 3.05) is 6.54 Å². The van der Waals surface area contributed by atoms with Crippen LogP contribution in [0.4, 0.5) is 0 Å². The van der Waals surface area contributed by atoms with E-state index in [1.54, 1.807) is 0 Å². The van der Waals surface area contributed by atoms with Crippen molar-refractivity contribution in [3.05, 3.63) is 29.1 Å². The van der Waals surface area contributed by atoms with Crippen LogP contribution in [0.5, 0.6) is 0 Å². The first-order chi connectivity index (χ1) is 10.9. The van der Waals surface area contributed by atoms with Crippen molar-refractivity contribution in [1.29, 1.82) is 0 Å². The van der Waals surface area contributed by atoms with E-state index in [0.717, 1.165) is 18.5 Å². The van der Waals surface area contributed by atoms with Crippen molar-refractivity contribution in [3.8, 4) is 0 Å². The van der Waals surface area contributed by atoms with Gasteiger partial charge in [-0.05, 0) is 75.3 Å². The number of fused-ring (bicyclic) bond motifs is 1. The normalized spacial score (nSPS) is 28.3. The average Bonchev–Trinajstić information content (AvgIpc) is 3.26. The molecule has 0 amide bonds. The highest BCUT2D eigenvalue weighted by molar-refractivity contribution is 5.95. The van der Waals surface area contributed by atoms with Crippen molar-refractivity contribution in [3.63, 3.8) is 0 Å². The first-order valence-electron chi connectivity index (χ1n) is 9.22. The lowest BCUT2D eigenvalue weighted by atomic mass is 9.90. The van der Waals surface area contributed by atoms with Crippen LogP contribution in [-0.2, 0) is 12.8 Å². The van der Waals surface area contributed by atoms with E-state index in [9.17, 15) is 0 Å². The van der Waals surface area contributed by atoms with Gasteiger partial charge in [-0.3, -0.25) is 9.99 Å². The molecule has 1 unspecified atom stereocenters. The Balaban J connectivity index is 1.44. The molecule has 3 aliphatic carbocycles. The van der Waals surface area contributed by atoms with Crippen LogP contribution in [0.2, 0.25) is 0 Å². The van der Waals surface area contributed by atoms with Gasteiger partial charge in [0, 0.05) is 11.7 Å². The molecular weight excluding hydrogens is 270 g/mol. The maximum absolute atomic E-state index is 5.09. The second-order valence-corrected chi connectivity index (χ2v) is 7.61. The fraction of sp³-hybridized carbons (Fsp3) is 0.684. The van der Waals surface area contributed by atoms with Crippen molar-refractivity contribution < 1.29 is 0 Å². The van der Waals surface area contributed by atoms with E-state index >= 15 is 0 Å². The predicted molar refractivity (Wildman–Crippen MR) is 88.1 cm³/mol. The Morgan fingerprint density at radius 1 is 0.955 bits per heavy atom. The van der Waals surface area contributed by atoms with Gasteiger partial charge >= 0.3 is 0 Å². The van der Waals surface area contributed by atoms with Gasteiger partial charge in [0.2, 0.25) is 0 Å². The summed E-state index contributed by atoms with van der Waals surface area (Å²) in [4.78, 5) is 5.09. The molecule has 1 aromatic heterocycles. The van der Waals surface area contributed by atoms with Gasteiger partial charge in [0.1, 0.15) is 0 Å². The Labute approximate surface area is 132 Å². The van der Waals surface area contributed by atoms with Gasteiger partial charge in [-0.15, -0.1) is 0 Å². The summed E-state index contributed by atoms with van der Waals surface area (Å²) in [5.41, 5.74) is 5.62. The van der Waals surface area contributed by atoms with E-state index in [4.69, 9.17) is 10.1 Å². The number of hydrogen-bond acceptors (Lipinski definition) is 3. The Morgan fingerprint density at radius 2 is 1.82 bits per heavy atom. The number of pyridine rings is 1. The van der Waals surface area contributed by atoms with Crippen LogP contribution in [0.15, 0.2) is 17.2 Å². The first-order valence-corrected chi connectivity index (χ1v) is 9.22. The summed E-state index contributed by atoms with van der Waals surface area (Å²) in [6, 6.07) is 5.38. The van der Waals surface area contributed by atoms with Crippen LogP contribution in [0, 0.1) is 5.92 Å². The minimum absolute atomic E-state index is 0.473. The molecule has 0 N–H and O–H groups in total. The molecule has 2 saturated carbocycles. The highest BCUT2D eigenvalue weighted by atomic mass is 15.5. The zero-order valence-corrected chi connectivity index (χ0v) is 13.3. The Morgan fingerprint density at radius 3 is 2.59 bits per heavy atom. The molecule has 0 saturated heterocycles. The van der Waals surface area contributed by atoms with Crippen LogP contribution < -0.4 is 0 Å². The molecule has 116 valence electrons. The number of rotatable bonds is 3. The summed E-state index contributed by atoms with van der Waals surface area (Å²) in [6.07, 6.45) is 11.8. The molecule has 2 heterocycles. The van der Waals surface area contributed by atoms with Crippen LogP contribution in [0.25, 0.3) is 0 Å². The number of hydrazone groups is 1. The second-order valence-electron chi connectivity index (χ2n) is 7.61. The van der Waals surface area contributed by atoms with Gasteiger partial charge in [-0.25, -0.2) is 0 Å². The lowest BCUT2D eigenvalue weighted by Gasteiger charge is -2.33. The quantitative estimate of drug-likeness (QED) is 0.851. The number of aryl methyl sites for hydroxylation is 2. The van der Waals surface area contributed by atoms with Gasteiger partial charge < -0.3 is 0 Å². The van der Waals surface area contributed by atoms with Crippen LogP contribution in [0.3, 0.4) is 0 Å². The molecule has 0 radical (unpaired) electrons. The van der Waals surface area contributed by atoms with Gasteiger partial charge in [0.15, 0.2) is 0 Å². The van der Waals surface area contributed by atoms with Crippen molar-refractivity contribution in [1.82, 2.24) is 9.99 Å². The van der Waals surface area contributed by atoms with Gasteiger partial charge in [-0.2, -0.15) is 5.10 Å². The number of nitrogens with zero attached hydrogens (tertiary/aromatic N) is 3. The highest BCUT2D eigenvalue weighted by Crippen LogP contribution is 2.42. The average molecular weight is 295 g/mol. The van der Waals surface area contributed by atoms with E-state index < -0.39 is 0 Å². The third kappa shape index (κ3) is 2.17. The van der Waals surface area contributed by atoms with Crippen LogP contribution in [-0.4, -0.2) is 28.3 Å². The summed E-state index contributed by atoms with van der Waals surface area (Å²) in [7, 11) is 0. The zero-order chi connectivity index (χ0) is 14.5. The molecule has 3 heteroatoms. The van der Waals surface area contributed by atoms with Gasteiger partial charge in [0.05, 0.1) is 23.9 Å². The summed E-state index contributed by atoms with van der Waals surface area (Å²) in [5, 5.41) is 7.46. The Hall–Kier alpha value is -1.38. The molecule has 1 aromatic rings. The molecule has 5 rings (SSSR count). The molecule has 0 aromatic carbocycles. The van der Waals surface area contributed by atoms with E-state index in [0.29, 0.717) is 5.92 Å². The molecule has 1 aliphatic heterocycles. The third-order valence-corrected chi connectivity index (χ3v) is 6.02. The lowest BCUT2D eigenvalue weighted by molar-refractivity contribution is 0.143. The summed E-state index contributed by atoms with van der Waals surface area (Å²) < 4.78 is 0. The van der Waals surface area contributed by atoms with Gasteiger partial charge in [0.25, 0.3) is 0 Å². The fourth-order valence-corrected chi connectivity index (χ4v) is 4.24. The fourth-order valence-electron chi connectivity index (χ4n) is 4.24. The minimum Gasteiger partial charge on any atom is -0.293 e. The SMILES string of the molecule is c1cc2c(nc1C1CN(C3CCC3)N=C1C1CC1)CCCC2. The Bertz CT molecular complexity index is 613. The first kappa shape index (κ1) is 13.1. The molecule has 2 fully saturated rings. The summed E-state index contributed by atoms with van der Waals surface area (Å²) in [6.45, 7) is 1.09. The molecule has 1 atom stereocenters. The van der Waals surface area contributed by atoms with Crippen molar-refractivity contribution in [2.24, 2.45) is 11.0 Å². The smallest absolute Gasteiger partial charge is 0.0609 e. The topological polar surface area (TPSA) is 28.5 Å². The molecule has 4 aliphatic rings. The maximum atomic E-state index is 5.09. The molecule has 0 bridgehead atoms. The third-order valence-electron chi connectivity index (χ3n) is 6.02. The van der Waals surface area contributed by atoms with Crippen LogP contribution in [0.1, 0.15) is 67.8 Å². The number of hydrogen-bond donors (Lipinski definition) is 0. The molecule has 3 nitrogen and oxygen atoms in total. The molecule has 22 heavy (non-hydrogen) atoms. The van der Waals surface area contributed by atoms with E-state index in [-0.39, 0.29) is 0 Å². The molecule has 0 spiro atoms. The van der Waals surface area contributed by atoms with Gasteiger partial charge in [-0.1, -0.05) is 6.07 Å². The summed E-state index contributed by atoms with van der Waals surface area (Å²) >= 11 is 0. The van der Waals surface area contributed by atoms with Crippen LogP contribution >= 0.6 is 0 Å². The van der Waals surface area contributed by atoms with Crippen molar-refractivity contribution >= 4 is 5.71 Å². The lowest BCUT2D eigenvalue weighted by Crippen LogP contribution is -2.35. The van der Waals surface area contributed by atoms with Crippen molar-refractivity contribution in [2.45, 2.75) is 69.7 Å². The largest absolute Gasteiger partial charge is 0.293 e. The second kappa shape index (κ2) is 5.07. The number of aromatic nitrogens is 1. The molecular formula is C19H25N3. The van der Waals surface area contributed by atoms with E-state index in [1.807, 2.05) is 0 Å². The predicted octanol–water partition coefficient (Wildman–Crippen LogP) is 3.68. The summed E-state index contributed by atoms with van der Waals surface area (Å²) in [5.74, 6) is 1.23. The Kier molecular flexibility index (Phi) is 3.02.